The first-order valence-electron chi connectivity index (χ1n) is 5.26. The summed E-state index contributed by atoms with van der Waals surface area (Å²) in [6.07, 6.45) is -0.915. The molecule has 3 N–H and O–H groups in total. The van der Waals surface area contributed by atoms with Crippen LogP contribution in [0.3, 0.4) is 0 Å². The lowest BCUT2D eigenvalue weighted by Crippen LogP contribution is -2.24. The van der Waals surface area contributed by atoms with Gasteiger partial charge in [0, 0.05) is 0 Å². The minimum Gasteiger partial charge on any atom is -0.493 e. The Balaban J connectivity index is 0.00000324. The number of nitrogens with zero attached hydrogens (tertiary/aromatic N) is 1. The fraction of sp³-hybridized carbons (Fsp3) is 0.455. The zero-order chi connectivity index (χ0) is 13.9. The van der Waals surface area contributed by atoms with Gasteiger partial charge in [-0.25, -0.2) is 0 Å². The summed E-state index contributed by atoms with van der Waals surface area (Å²) in [6.45, 7) is 1.46. The molecular formula is C11H17ClN2O5. The lowest BCUT2D eigenvalue weighted by atomic mass is 10.0. The van der Waals surface area contributed by atoms with Crippen molar-refractivity contribution in [1.29, 1.82) is 0 Å². The Morgan fingerprint density at radius 2 is 1.79 bits per heavy atom. The summed E-state index contributed by atoms with van der Waals surface area (Å²) in [5.74, 6) is 0.569. The summed E-state index contributed by atoms with van der Waals surface area (Å²) < 4.78 is 10.0. The van der Waals surface area contributed by atoms with E-state index in [0.29, 0.717) is 5.75 Å². The van der Waals surface area contributed by atoms with Crippen molar-refractivity contribution in [2.45, 2.75) is 19.1 Å². The highest BCUT2D eigenvalue weighted by atomic mass is 35.5. The van der Waals surface area contributed by atoms with Crippen LogP contribution < -0.4 is 15.2 Å². The van der Waals surface area contributed by atoms with Gasteiger partial charge in [0.1, 0.15) is 0 Å². The molecule has 0 aliphatic heterocycles. The van der Waals surface area contributed by atoms with E-state index in [1.165, 1.54) is 33.3 Å². The van der Waals surface area contributed by atoms with Gasteiger partial charge in [-0.1, -0.05) is 0 Å². The highest BCUT2D eigenvalue weighted by Gasteiger charge is 2.26. The molecule has 0 saturated heterocycles. The van der Waals surface area contributed by atoms with Crippen LogP contribution in [0.1, 0.15) is 18.5 Å². The van der Waals surface area contributed by atoms with E-state index in [-0.39, 0.29) is 29.4 Å². The van der Waals surface area contributed by atoms with Gasteiger partial charge in [0.2, 0.25) is 0 Å². The molecule has 108 valence electrons. The maximum Gasteiger partial charge on any atom is 0.278 e. The molecule has 0 heterocycles. The second kappa shape index (κ2) is 7.13. The minimum absolute atomic E-state index is 0. The van der Waals surface area contributed by atoms with Crippen molar-refractivity contribution in [3.63, 3.8) is 0 Å². The highest BCUT2D eigenvalue weighted by Crippen LogP contribution is 2.37. The number of aliphatic hydroxyl groups excluding tert-OH is 1. The van der Waals surface area contributed by atoms with Crippen LogP contribution >= 0.6 is 12.4 Å². The first kappa shape index (κ1) is 17.4. The van der Waals surface area contributed by atoms with Crippen LogP contribution in [0.15, 0.2) is 12.1 Å². The average molecular weight is 293 g/mol. The lowest BCUT2D eigenvalue weighted by molar-refractivity contribution is -0.385. The summed E-state index contributed by atoms with van der Waals surface area (Å²) in [5, 5.41) is 20.4. The summed E-state index contributed by atoms with van der Waals surface area (Å²) in [6, 6.07) is 1.77. The molecule has 0 unspecified atom stereocenters. The van der Waals surface area contributed by atoms with Crippen LogP contribution in [0, 0.1) is 10.1 Å². The van der Waals surface area contributed by atoms with Gasteiger partial charge in [-0.2, -0.15) is 0 Å². The van der Waals surface area contributed by atoms with Crippen molar-refractivity contribution in [2.24, 2.45) is 5.73 Å². The number of nitro benzene ring substituents is 1. The third-order valence-electron chi connectivity index (χ3n) is 2.61. The number of hydrogen-bond donors (Lipinski definition) is 2. The van der Waals surface area contributed by atoms with Gasteiger partial charge in [0.15, 0.2) is 11.5 Å². The molecule has 0 aliphatic rings. The molecule has 7 nitrogen and oxygen atoms in total. The number of methoxy groups -OCH3 is 2. The Morgan fingerprint density at radius 1 is 1.32 bits per heavy atom. The molecule has 0 radical (unpaired) electrons. The van der Waals surface area contributed by atoms with Crippen molar-refractivity contribution in [3.05, 3.63) is 27.8 Å². The lowest BCUT2D eigenvalue weighted by Gasteiger charge is -2.17. The predicted molar refractivity (Wildman–Crippen MR) is 72.1 cm³/mol. The molecule has 1 rings (SSSR count). The van der Waals surface area contributed by atoms with Crippen LogP contribution in [0.2, 0.25) is 0 Å². The smallest absolute Gasteiger partial charge is 0.278 e. The van der Waals surface area contributed by atoms with E-state index in [4.69, 9.17) is 15.2 Å². The Bertz CT molecular complexity index is 453. The van der Waals surface area contributed by atoms with Gasteiger partial charge in [-0.3, -0.25) is 10.1 Å². The van der Waals surface area contributed by atoms with Gasteiger partial charge in [-0.05, 0) is 13.0 Å². The van der Waals surface area contributed by atoms with Gasteiger partial charge in [0.25, 0.3) is 5.69 Å². The largest absolute Gasteiger partial charge is 0.493 e. The van der Waals surface area contributed by atoms with E-state index in [1.807, 2.05) is 0 Å². The normalized spacial score (nSPS) is 13.1. The van der Waals surface area contributed by atoms with Gasteiger partial charge in [0.05, 0.1) is 42.9 Å². The van der Waals surface area contributed by atoms with Crippen LogP contribution in [0.5, 0.6) is 11.5 Å². The van der Waals surface area contributed by atoms with Gasteiger partial charge < -0.3 is 20.3 Å². The van der Waals surface area contributed by atoms with E-state index >= 15 is 0 Å². The summed E-state index contributed by atoms with van der Waals surface area (Å²) >= 11 is 0. The Kier molecular flexibility index (Phi) is 6.54. The quantitative estimate of drug-likeness (QED) is 0.627. The molecule has 1 aromatic carbocycles. The molecule has 0 amide bonds. The van der Waals surface area contributed by atoms with Gasteiger partial charge >= 0.3 is 0 Å². The van der Waals surface area contributed by atoms with Crippen LogP contribution in [0.25, 0.3) is 0 Å². The molecule has 1 aromatic rings. The Labute approximate surface area is 116 Å². The summed E-state index contributed by atoms with van der Waals surface area (Å²) in [7, 11) is 2.80. The van der Waals surface area contributed by atoms with Crippen molar-refractivity contribution in [3.8, 4) is 11.5 Å². The second-order valence-electron chi connectivity index (χ2n) is 3.79. The summed E-state index contributed by atoms with van der Waals surface area (Å²) in [4.78, 5) is 10.4. The standard InChI is InChI=1S/C11H16N2O5.ClH/c1-6(14)11(12)7-4-9(17-2)10(18-3)5-8(7)13(15)16;/h4-6,11,14H,12H2,1-3H3;1H/t6-,11-;/m1./s1. The van der Waals surface area contributed by atoms with E-state index in [0.717, 1.165) is 0 Å². The molecule has 0 spiro atoms. The first-order chi connectivity index (χ1) is 8.42. The number of hydrogen-bond acceptors (Lipinski definition) is 6. The fourth-order valence-corrected chi connectivity index (χ4v) is 1.57. The molecular weight excluding hydrogens is 276 g/mol. The number of halogens is 1. The van der Waals surface area contributed by atoms with Crippen LogP contribution in [-0.4, -0.2) is 30.4 Å². The van der Waals surface area contributed by atoms with Crippen LogP contribution in [-0.2, 0) is 0 Å². The number of ether oxygens (including phenoxy) is 2. The van der Waals surface area contributed by atoms with E-state index < -0.39 is 17.1 Å². The maximum absolute atomic E-state index is 11.0. The average Bonchev–Trinajstić information content (AvgIpc) is 2.35. The molecule has 0 aromatic heterocycles. The molecule has 0 aliphatic carbocycles. The zero-order valence-electron chi connectivity index (χ0n) is 10.8. The zero-order valence-corrected chi connectivity index (χ0v) is 11.6. The van der Waals surface area contributed by atoms with Crippen LogP contribution in [0.4, 0.5) is 5.69 Å². The van der Waals surface area contributed by atoms with Crippen molar-refractivity contribution < 1.29 is 19.5 Å². The molecule has 2 atom stereocenters. The predicted octanol–water partition coefficient (Wildman–Crippen LogP) is 1.41. The van der Waals surface area contributed by atoms with Crippen molar-refractivity contribution in [2.75, 3.05) is 14.2 Å². The third kappa shape index (κ3) is 3.69. The van der Waals surface area contributed by atoms with E-state index in [1.54, 1.807) is 0 Å². The number of aliphatic hydroxyl groups is 1. The highest BCUT2D eigenvalue weighted by molar-refractivity contribution is 5.85. The maximum atomic E-state index is 11.0. The number of nitrogens with two attached hydrogens (primary N) is 1. The molecule has 0 saturated carbocycles. The third-order valence-corrected chi connectivity index (χ3v) is 2.61. The van der Waals surface area contributed by atoms with Gasteiger partial charge in [-0.15, -0.1) is 12.4 Å². The molecule has 8 heteroatoms. The molecule has 0 fully saturated rings. The fourth-order valence-electron chi connectivity index (χ4n) is 1.57. The van der Waals surface area contributed by atoms with E-state index in [9.17, 15) is 15.2 Å². The topological polar surface area (TPSA) is 108 Å². The monoisotopic (exact) mass is 292 g/mol. The van der Waals surface area contributed by atoms with Crippen molar-refractivity contribution >= 4 is 18.1 Å². The Hall–Kier alpha value is -1.57. The summed E-state index contributed by atoms with van der Waals surface area (Å²) in [5.41, 5.74) is 5.73. The minimum atomic E-state index is -0.915. The first-order valence-corrected chi connectivity index (χ1v) is 5.26. The van der Waals surface area contributed by atoms with E-state index in [2.05, 4.69) is 0 Å². The Morgan fingerprint density at radius 3 is 2.16 bits per heavy atom. The SMILES string of the molecule is COc1cc([C@H](N)[C@@H](C)O)c([N+](=O)[O-])cc1OC.Cl. The van der Waals surface area contributed by atoms with Crippen molar-refractivity contribution in [1.82, 2.24) is 0 Å². The number of benzene rings is 1. The number of nitro groups is 1. The molecule has 0 bridgehead atoms. The number of rotatable bonds is 5. The second-order valence-corrected chi connectivity index (χ2v) is 3.79. The molecule has 19 heavy (non-hydrogen) atoms.